The molecule has 0 aliphatic carbocycles. The molecule has 1 unspecified atom stereocenters. The normalized spacial score (nSPS) is 11.7. The summed E-state index contributed by atoms with van der Waals surface area (Å²) < 4.78 is 17.4. The van der Waals surface area contributed by atoms with Gasteiger partial charge in [-0.3, -0.25) is 9.59 Å². The third-order valence-electron chi connectivity index (χ3n) is 1.94. The van der Waals surface area contributed by atoms with Crippen LogP contribution in [-0.4, -0.2) is 24.1 Å². The van der Waals surface area contributed by atoms with E-state index in [9.17, 15) is 14.0 Å². The number of amides is 2. The van der Waals surface area contributed by atoms with Crippen molar-refractivity contribution < 1.29 is 18.7 Å². The first kappa shape index (κ1) is 14.2. The van der Waals surface area contributed by atoms with E-state index in [4.69, 9.17) is 22.1 Å². The molecule has 0 bridgehead atoms. The SMILES string of the molecule is NC(=O)COc1cccc(CNC(=O)C(F)Cl)c1. The molecule has 1 aromatic carbocycles. The van der Waals surface area contributed by atoms with Crippen molar-refractivity contribution in [1.82, 2.24) is 5.32 Å². The van der Waals surface area contributed by atoms with Crippen molar-refractivity contribution in [3.63, 3.8) is 0 Å². The fourth-order valence-electron chi connectivity index (χ4n) is 1.17. The van der Waals surface area contributed by atoms with Gasteiger partial charge in [-0.25, -0.2) is 4.39 Å². The summed E-state index contributed by atoms with van der Waals surface area (Å²) in [6.07, 6.45) is 0. The largest absolute Gasteiger partial charge is 0.484 e. The molecule has 0 aromatic heterocycles. The summed E-state index contributed by atoms with van der Waals surface area (Å²) in [6, 6.07) is 6.61. The molecule has 0 heterocycles. The van der Waals surface area contributed by atoms with Gasteiger partial charge in [-0.15, -0.1) is 0 Å². The average Bonchev–Trinajstić information content (AvgIpc) is 2.33. The molecule has 18 heavy (non-hydrogen) atoms. The lowest BCUT2D eigenvalue weighted by atomic mass is 10.2. The second kappa shape index (κ2) is 6.80. The maximum Gasteiger partial charge on any atom is 0.270 e. The van der Waals surface area contributed by atoms with Crippen molar-refractivity contribution in [2.24, 2.45) is 5.73 Å². The Kier molecular flexibility index (Phi) is 5.38. The maximum absolute atomic E-state index is 12.4. The highest BCUT2D eigenvalue weighted by Crippen LogP contribution is 2.13. The van der Waals surface area contributed by atoms with Crippen molar-refractivity contribution in [2.75, 3.05) is 6.61 Å². The number of benzene rings is 1. The van der Waals surface area contributed by atoms with Crippen molar-refractivity contribution in [1.29, 1.82) is 0 Å². The van der Waals surface area contributed by atoms with Gasteiger partial charge in [0.25, 0.3) is 17.4 Å². The van der Waals surface area contributed by atoms with E-state index in [1.54, 1.807) is 24.3 Å². The van der Waals surface area contributed by atoms with Crippen LogP contribution in [0, 0.1) is 0 Å². The molecule has 1 rings (SSSR count). The summed E-state index contributed by atoms with van der Waals surface area (Å²) in [5.41, 5.74) is 3.55. The van der Waals surface area contributed by atoms with Crippen LogP contribution in [0.1, 0.15) is 5.56 Å². The first-order valence-electron chi connectivity index (χ1n) is 5.05. The third kappa shape index (κ3) is 5.01. The summed E-state index contributed by atoms with van der Waals surface area (Å²) in [7, 11) is 0. The second-order valence-corrected chi connectivity index (χ2v) is 3.80. The molecule has 0 saturated carbocycles. The van der Waals surface area contributed by atoms with Gasteiger partial charge in [0.05, 0.1) is 0 Å². The van der Waals surface area contributed by atoms with Crippen molar-refractivity contribution in [3.05, 3.63) is 29.8 Å². The highest BCUT2D eigenvalue weighted by Gasteiger charge is 2.12. The quantitative estimate of drug-likeness (QED) is 0.749. The number of carbonyl (C=O) groups excluding carboxylic acids is 2. The van der Waals surface area contributed by atoms with Crippen LogP contribution in [0.3, 0.4) is 0 Å². The Labute approximate surface area is 108 Å². The molecule has 1 aromatic rings. The average molecular weight is 275 g/mol. The van der Waals surface area contributed by atoms with Crippen molar-refractivity contribution >= 4 is 23.4 Å². The number of halogens is 2. The molecule has 0 spiro atoms. The highest BCUT2D eigenvalue weighted by atomic mass is 35.5. The molecule has 0 radical (unpaired) electrons. The zero-order chi connectivity index (χ0) is 13.5. The summed E-state index contributed by atoms with van der Waals surface area (Å²) in [6.45, 7) is -0.121. The van der Waals surface area contributed by atoms with E-state index in [0.717, 1.165) is 0 Å². The molecule has 3 N–H and O–H groups in total. The van der Waals surface area contributed by atoms with Crippen LogP contribution in [0.5, 0.6) is 5.75 Å². The lowest BCUT2D eigenvalue weighted by Gasteiger charge is -2.07. The van der Waals surface area contributed by atoms with Crippen LogP contribution in [0.25, 0.3) is 0 Å². The van der Waals surface area contributed by atoms with Gasteiger partial charge in [-0.05, 0) is 17.7 Å². The molecule has 0 fully saturated rings. The monoisotopic (exact) mass is 274 g/mol. The number of primary amides is 1. The molecular weight excluding hydrogens is 263 g/mol. The zero-order valence-electron chi connectivity index (χ0n) is 9.36. The minimum atomic E-state index is -2.07. The second-order valence-electron chi connectivity index (χ2n) is 3.42. The lowest BCUT2D eigenvalue weighted by molar-refractivity contribution is -0.123. The third-order valence-corrected chi connectivity index (χ3v) is 2.14. The molecule has 98 valence electrons. The fourth-order valence-corrected chi connectivity index (χ4v) is 1.24. The summed E-state index contributed by atoms with van der Waals surface area (Å²) in [5, 5.41) is 2.30. The van der Waals surface area contributed by atoms with Gasteiger partial charge < -0.3 is 15.8 Å². The number of hydrogen-bond acceptors (Lipinski definition) is 3. The Bertz CT molecular complexity index is 440. The molecule has 7 heteroatoms. The van der Waals surface area contributed by atoms with Crippen LogP contribution < -0.4 is 15.8 Å². The van der Waals surface area contributed by atoms with Crippen LogP contribution in [0.4, 0.5) is 4.39 Å². The van der Waals surface area contributed by atoms with E-state index in [2.05, 4.69) is 5.32 Å². The fraction of sp³-hybridized carbons (Fsp3) is 0.273. The smallest absolute Gasteiger partial charge is 0.270 e. The highest BCUT2D eigenvalue weighted by molar-refractivity contribution is 6.29. The van der Waals surface area contributed by atoms with E-state index in [1.807, 2.05) is 0 Å². The first-order chi connectivity index (χ1) is 8.49. The van der Waals surface area contributed by atoms with E-state index < -0.39 is 17.4 Å². The number of alkyl halides is 2. The summed E-state index contributed by atoms with van der Waals surface area (Å²) in [4.78, 5) is 21.4. The number of hydrogen-bond donors (Lipinski definition) is 2. The molecule has 1 atom stereocenters. The molecule has 2 amide bonds. The standard InChI is InChI=1S/C11H12ClFN2O3/c12-10(13)11(17)15-5-7-2-1-3-8(4-7)18-6-9(14)16/h1-4,10H,5-6H2,(H2,14,16)(H,15,17). The topological polar surface area (TPSA) is 81.4 Å². The van der Waals surface area contributed by atoms with E-state index in [0.29, 0.717) is 11.3 Å². The number of nitrogens with two attached hydrogens (primary N) is 1. The summed E-state index contributed by atoms with van der Waals surface area (Å²) in [5.74, 6) is -1.06. The minimum Gasteiger partial charge on any atom is -0.484 e. The number of nitrogens with one attached hydrogen (secondary N) is 1. The van der Waals surface area contributed by atoms with E-state index in [1.165, 1.54) is 0 Å². The zero-order valence-corrected chi connectivity index (χ0v) is 10.1. The van der Waals surface area contributed by atoms with Gasteiger partial charge in [0.1, 0.15) is 5.75 Å². The first-order valence-corrected chi connectivity index (χ1v) is 5.48. The Morgan fingerprint density at radius 2 is 2.22 bits per heavy atom. The van der Waals surface area contributed by atoms with Crippen LogP contribution >= 0.6 is 11.6 Å². The number of rotatable bonds is 6. The Balaban J connectivity index is 2.54. The number of carbonyl (C=O) groups is 2. The lowest BCUT2D eigenvalue weighted by Crippen LogP contribution is -2.28. The van der Waals surface area contributed by atoms with Gasteiger partial charge >= 0.3 is 0 Å². The van der Waals surface area contributed by atoms with Gasteiger partial charge in [0.2, 0.25) is 0 Å². The Hall–Kier alpha value is -1.82. The molecule has 0 aliphatic rings. The Morgan fingerprint density at radius 3 is 2.83 bits per heavy atom. The van der Waals surface area contributed by atoms with Crippen molar-refractivity contribution in [3.8, 4) is 5.75 Å². The van der Waals surface area contributed by atoms with Gasteiger partial charge in [-0.1, -0.05) is 23.7 Å². The van der Waals surface area contributed by atoms with Gasteiger partial charge in [0, 0.05) is 6.54 Å². The molecule has 0 saturated heterocycles. The van der Waals surface area contributed by atoms with Crippen molar-refractivity contribution in [2.45, 2.75) is 12.2 Å². The maximum atomic E-state index is 12.4. The predicted octanol–water partition coefficient (Wildman–Crippen LogP) is 0.701. The van der Waals surface area contributed by atoms with Crippen LogP contribution in [-0.2, 0) is 16.1 Å². The molecule has 5 nitrogen and oxygen atoms in total. The van der Waals surface area contributed by atoms with Gasteiger partial charge in [-0.2, -0.15) is 0 Å². The predicted molar refractivity (Wildman–Crippen MR) is 63.7 cm³/mol. The van der Waals surface area contributed by atoms with Gasteiger partial charge in [0.15, 0.2) is 6.61 Å². The number of ether oxygens (including phenoxy) is 1. The van der Waals surface area contributed by atoms with E-state index in [-0.39, 0.29) is 13.2 Å². The van der Waals surface area contributed by atoms with Crippen LogP contribution in [0.15, 0.2) is 24.3 Å². The molecular formula is C11H12ClFN2O3. The molecule has 0 aliphatic heterocycles. The summed E-state index contributed by atoms with van der Waals surface area (Å²) >= 11 is 4.96. The minimum absolute atomic E-state index is 0.111. The van der Waals surface area contributed by atoms with E-state index >= 15 is 0 Å². The van der Waals surface area contributed by atoms with Crippen LogP contribution in [0.2, 0.25) is 0 Å². The Morgan fingerprint density at radius 1 is 1.50 bits per heavy atom.